The topological polar surface area (TPSA) is 76.8 Å². The molecule has 1 N–H and O–H groups in total. The average molecular weight is 302 g/mol. The van der Waals surface area contributed by atoms with Crippen LogP contribution >= 0.6 is 11.3 Å². The average Bonchev–Trinajstić information content (AvgIpc) is 3.23. The quantitative estimate of drug-likeness (QED) is 0.805. The van der Waals surface area contributed by atoms with Gasteiger partial charge in [0, 0.05) is 23.7 Å². The second-order valence-corrected chi connectivity index (χ2v) is 6.02. The lowest BCUT2D eigenvalue weighted by Crippen LogP contribution is -2.19. The largest absolute Gasteiger partial charge is 0.372 e. The van der Waals surface area contributed by atoms with E-state index in [9.17, 15) is 0 Å². The molecule has 6 nitrogen and oxygen atoms in total. The van der Waals surface area contributed by atoms with E-state index in [-0.39, 0.29) is 12.0 Å². The molecule has 2 atom stereocenters. The fraction of sp³-hybridized carbons (Fsp3) is 0.357. The van der Waals surface area contributed by atoms with Crippen molar-refractivity contribution in [2.45, 2.75) is 25.4 Å². The van der Waals surface area contributed by atoms with Gasteiger partial charge in [0.05, 0.1) is 18.6 Å². The van der Waals surface area contributed by atoms with Gasteiger partial charge in [-0.05, 0) is 17.0 Å². The number of imidazole rings is 1. The zero-order valence-electron chi connectivity index (χ0n) is 11.4. The second kappa shape index (κ2) is 5.09. The van der Waals surface area contributed by atoms with Crippen LogP contribution in [0.4, 0.5) is 0 Å². The molecule has 2 unspecified atom stereocenters. The molecule has 3 aromatic rings. The lowest BCUT2D eigenvalue weighted by atomic mass is 9.95. The molecular weight excluding hydrogens is 288 g/mol. The summed E-state index contributed by atoms with van der Waals surface area (Å²) in [5.41, 5.74) is 1.25. The van der Waals surface area contributed by atoms with Crippen molar-refractivity contribution in [1.29, 1.82) is 0 Å². The molecule has 1 aliphatic rings. The van der Waals surface area contributed by atoms with E-state index >= 15 is 0 Å². The molecule has 21 heavy (non-hydrogen) atoms. The Labute approximate surface area is 125 Å². The minimum Gasteiger partial charge on any atom is -0.372 e. The van der Waals surface area contributed by atoms with Gasteiger partial charge < -0.3 is 14.2 Å². The van der Waals surface area contributed by atoms with Crippen LogP contribution in [-0.2, 0) is 11.2 Å². The van der Waals surface area contributed by atoms with E-state index in [2.05, 4.69) is 38.5 Å². The monoisotopic (exact) mass is 302 g/mol. The van der Waals surface area contributed by atoms with Gasteiger partial charge in [-0.2, -0.15) is 4.98 Å². The smallest absolute Gasteiger partial charge is 0.238 e. The normalized spacial score (nSPS) is 19.4. The number of H-pyrrole nitrogens is 1. The number of thiophene rings is 1. The van der Waals surface area contributed by atoms with Gasteiger partial charge in [-0.15, -0.1) is 11.3 Å². The van der Waals surface area contributed by atoms with Crippen LogP contribution in [0.1, 0.15) is 35.3 Å². The Morgan fingerprint density at radius 2 is 2.43 bits per heavy atom. The highest BCUT2D eigenvalue weighted by Crippen LogP contribution is 2.39. The zero-order valence-corrected chi connectivity index (χ0v) is 12.3. The fourth-order valence-electron chi connectivity index (χ4n) is 2.62. The highest BCUT2D eigenvalue weighted by Gasteiger charge is 2.31. The van der Waals surface area contributed by atoms with Crippen LogP contribution < -0.4 is 0 Å². The molecule has 0 fully saturated rings. The summed E-state index contributed by atoms with van der Waals surface area (Å²) in [6.07, 6.45) is 4.36. The fourth-order valence-corrected chi connectivity index (χ4v) is 3.52. The highest BCUT2D eigenvalue weighted by atomic mass is 32.1. The third-order valence-electron chi connectivity index (χ3n) is 3.71. The van der Waals surface area contributed by atoms with Crippen molar-refractivity contribution >= 4 is 11.3 Å². The number of hydrogen-bond acceptors (Lipinski definition) is 6. The molecular formula is C14H14N4O2S. The SMILES string of the molecule is CC(c1nc(-c2ncc[nH]2)no1)C1OCCc2sccc21. The van der Waals surface area contributed by atoms with Crippen molar-refractivity contribution in [3.05, 3.63) is 40.2 Å². The summed E-state index contributed by atoms with van der Waals surface area (Å²) in [6.45, 7) is 2.79. The van der Waals surface area contributed by atoms with Crippen molar-refractivity contribution < 1.29 is 9.26 Å². The van der Waals surface area contributed by atoms with E-state index in [4.69, 9.17) is 9.26 Å². The van der Waals surface area contributed by atoms with Crippen molar-refractivity contribution in [1.82, 2.24) is 20.1 Å². The van der Waals surface area contributed by atoms with Crippen LogP contribution in [0.2, 0.25) is 0 Å². The van der Waals surface area contributed by atoms with E-state index < -0.39 is 0 Å². The van der Waals surface area contributed by atoms with Gasteiger partial charge in [-0.1, -0.05) is 12.1 Å². The molecule has 7 heteroatoms. The minimum atomic E-state index is -0.0232. The molecule has 4 heterocycles. The summed E-state index contributed by atoms with van der Waals surface area (Å²) in [5.74, 6) is 1.67. The predicted octanol–water partition coefficient (Wildman–Crippen LogP) is 2.94. The maximum absolute atomic E-state index is 5.93. The summed E-state index contributed by atoms with van der Waals surface area (Å²) in [4.78, 5) is 12.9. The number of fused-ring (bicyclic) bond motifs is 1. The van der Waals surface area contributed by atoms with Crippen molar-refractivity contribution in [3.63, 3.8) is 0 Å². The summed E-state index contributed by atoms with van der Waals surface area (Å²) in [6, 6.07) is 2.13. The van der Waals surface area contributed by atoms with Gasteiger partial charge in [0.1, 0.15) is 0 Å². The number of ether oxygens (including phenoxy) is 1. The Bertz CT molecular complexity index is 734. The van der Waals surface area contributed by atoms with Gasteiger partial charge in [-0.25, -0.2) is 4.98 Å². The lowest BCUT2D eigenvalue weighted by molar-refractivity contribution is 0.0211. The molecule has 3 aromatic heterocycles. The van der Waals surface area contributed by atoms with Crippen LogP contribution in [0.5, 0.6) is 0 Å². The summed E-state index contributed by atoms with van der Waals surface area (Å²) in [5, 5.41) is 6.10. The zero-order chi connectivity index (χ0) is 14.2. The number of nitrogens with zero attached hydrogens (tertiary/aromatic N) is 3. The molecule has 0 spiro atoms. The third kappa shape index (κ3) is 2.18. The van der Waals surface area contributed by atoms with Gasteiger partial charge in [-0.3, -0.25) is 0 Å². The molecule has 0 aromatic carbocycles. The Morgan fingerprint density at radius 3 is 3.29 bits per heavy atom. The number of aromatic nitrogens is 4. The van der Waals surface area contributed by atoms with Crippen LogP contribution in [0, 0.1) is 0 Å². The number of hydrogen-bond donors (Lipinski definition) is 1. The molecule has 0 saturated carbocycles. The molecule has 108 valence electrons. The van der Waals surface area contributed by atoms with Gasteiger partial charge in [0.25, 0.3) is 0 Å². The van der Waals surface area contributed by atoms with Gasteiger partial charge >= 0.3 is 0 Å². The van der Waals surface area contributed by atoms with Crippen LogP contribution in [-0.4, -0.2) is 26.7 Å². The Morgan fingerprint density at radius 1 is 1.48 bits per heavy atom. The first-order chi connectivity index (χ1) is 10.3. The summed E-state index contributed by atoms with van der Waals surface area (Å²) >= 11 is 1.78. The molecule has 0 saturated heterocycles. The van der Waals surface area contributed by atoms with E-state index in [1.165, 1.54) is 10.4 Å². The Balaban J connectivity index is 1.63. The summed E-state index contributed by atoms with van der Waals surface area (Å²) in [7, 11) is 0. The molecule has 0 bridgehead atoms. The Hall–Kier alpha value is -1.99. The number of rotatable bonds is 3. The number of nitrogens with one attached hydrogen (secondary N) is 1. The van der Waals surface area contributed by atoms with Crippen LogP contribution in [0.25, 0.3) is 11.6 Å². The molecule has 0 amide bonds. The maximum atomic E-state index is 5.93. The minimum absolute atomic E-state index is 0.00913. The van der Waals surface area contributed by atoms with E-state index in [0.717, 1.165) is 13.0 Å². The van der Waals surface area contributed by atoms with E-state index in [1.807, 2.05) is 0 Å². The molecule has 1 aliphatic heterocycles. The van der Waals surface area contributed by atoms with Gasteiger partial charge in [0.2, 0.25) is 11.7 Å². The van der Waals surface area contributed by atoms with Crippen molar-refractivity contribution in [2.75, 3.05) is 6.61 Å². The van der Waals surface area contributed by atoms with Crippen molar-refractivity contribution in [3.8, 4) is 11.6 Å². The molecule has 4 rings (SSSR count). The standard InChI is InChI=1S/C14H14N4O2S/c1-8(11-9-3-7-21-10(9)2-6-19-11)14-17-13(18-20-14)12-15-4-5-16-12/h3-5,7-8,11H,2,6H2,1H3,(H,15,16). The highest BCUT2D eigenvalue weighted by molar-refractivity contribution is 7.10. The second-order valence-electron chi connectivity index (χ2n) is 5.02. The van der Waals surface area contributed by atoms with Crippen molar-refractivity contribution in [2.24, 2.45) is 0 Å². The van der Waals surface area contributed by atoms with Crippen LogP contribution in [0.3, 0.4) is 0 Å². The van der Waals surface area contributed by atoms with E-state index in [1.54, 1.807) is 23.7 Å². The number of aromatic amines is 1. The Kier molecular flexibility index (Phi) is 3.08. The van der Waals surface area contributed by atoms with Gasteiger partial charge in [0.15, 0.2) is 5.82 Å². The first kappa shape index (κ1) is 12.7. The molecule has 0 aliphatic carbocycles. The lowest BCUT2D eigenvalue weighted by Gasteiger charge is -2.26. The third-order valence-corrected chi connectivity index (χ3v) is 4.70. The predicted molar refractivity (Wildman–Crippen MR) is 77.0 cm³/mol. The van der Waals surface area contributed by atoms with E-state index in [0.29, 0.717) is 17.5 Å². The first-order valence-corrected chi connectivity index (χ1v) is 7.72. The van der Waals surface area contributed by atoms with Crippen LogP contribution in [0.15, 0.2) is 28.4 Å². The summed E-state index contributed by atoms with van der Waals surface area (Å²) < 4.78 is 11.3. The molecule has 0 radical (unpaired) electrons. The maximum Gasteiger partial charge on any atom is 0.238 e. The first-order valence-electron chi connectivity index (χ1n) is 6.84.